The van der Waals surface area contributed by atoms with E-state index < -0.39 is 0 Å². The molecule has 0 radical (unpaired) electrons. The van der Waals surface area contributed by atoms with E-state index in [0.717, 1.165) is 5.69 Å². The number of hydrogen-bond acceptors (Lipinski definition) is 2. The maximum absolute atomic E-state index is 4.33. The van der Waals surface area contributed by atoms with Crippen LogP contribution < -0.4 is 5.01 Å². The minimum Gasteiger partial charge on any atom is -0.269 e. The summed E-state index contributed by atoms with van der Waals surface area (Å²) >= 11 is 0. The fraction of sp³-hybridized carbons (Fsp3) is 0.0625. The highest BCUT2D eigenvalue weighted by molar-refractivity contribution is 5.78. The van der Waals surface area contributed by atoms with Crippen LogP contribution in [0.4, 0.5) is 5.69 Å². The van der Waals surface area contributed by atoms with Gasteiger partial charge >= 0.3 is 0 Å². The molecular formula is C16H16N2. The number of para-hydroxylation sites is 1. The van der Waals surface area contributed by atoms with Crippen molar-refractivity contribution >= 4 is 18.0 Å². The quantitative estimate of drug-likeness (QED) is 0.582. The van der Waals surface area contributed by atoms with Crippen LogP contribution in [0.5, 0.6) is 0 Å². The lowest BCUT2D eigenvalue weighted by Crippen LogP contribution is -2.07. The van der Waals surface area contributed by atoms with E-state index in [2.05, 4.69) is 17.2 Å². The van der Waals surface area contributed by atoms with E-state index in [1.165, 1.54) is 5.56 Å². The van der Waals surface area contributed by atoms with Crippen LogP contribution in [0.25, 0.3) is 6.08 Å². The summed E-state index contributed by atoms with van der Waals surface area (Å²) in [5, 5.41) is 6.17. The monoisotopic (exact) mass is 236 g/mol. The Hall–Kier alpha value is -2.35. The molecule has 2 heteroatoms. The van der Waals surface area contributed by atoms with Gasteiger partial charge in [0.05, 0.1) is 5.69 Å². The number of nitrogens with zero attached hydrogens (tertiary/aromatic N) is 2. The zero-order valence-corrected chi connectivity index (χ0v) is 10.4. The van der Waals surface area contributed by atoms with Crippen LogP contribution in [0.3, 0.4) is 0 Å². The van der Waals surface area contributed by atoms with Crippen LogP contribution >= 0.6 is 0 Å². The number of allylic oxidation sites excluding steroid dienone is 1. The second-order valence-electron chi connectivity index (χ2n) is 3.89. The molecule has 2 aromatic rings. The third kappa shape index (κ3) is 3.59. The van der Waals surface area contributed by atoms with Crippen molar-refractivity contribution in [2.75, 3.05) is 12.1 Å². The maximum atomic E-state index is 4.33. The largest absolute Gasteiger partial charge is 0.269 e. The molecule has 2 rings (SSSR count). The van der Waals surface area contributed by atoms with Gasteiger partial charge < -0.3 is 0 Å². The van der Waals surface area contributed by atoms with E-state index in [-0.39, 0.29) is 0 Å². The average Bonchev–Trinajstić information content (AvgIpc) is 2.45. The molecule has 0 unspecified atom stereocenters. The van der Waals surface area contributed by atoms with Crippen LogP contribution in [0.1, 0.15) is 5.56 Å². The normalized spacial score (nSPS) is 11.2. The summed E-state index contributed by atoms with van der Waals surface area (Å²) in [6.45, 7) is 0. The molecule has 0 aliphatic rings. The molecule has 2 aromatic carbocycles. The molecule has 0 aliphatic carbocycles. The van der Waals surface area contributed by atoms with Gasteiger partial charge in [0.2, 0.25) is 0 Å². The molecule has 0 saturated carbocycles. The van der Waals surface area contributed by atoms with Gasteiger partial charge in [0.15, 0.2) is 0 Å². The van der Waals surface area contributed by atoms with Gasteiger partial charge in [-0.2, -0.15) is 5.10 Å². The Morgan fingerprint density at radius 2 is 1.50 bits per heavy atom. The molecule has 0 heterocycles. The predicted molar refractivity (Wildman–Crippen MR) is 78.8 cm³/mol. The lowest BCUT2D eigenvalue weighted by Gasteiger charge is -2.11. The molecule has 0 spiro atoms. The average molecular weight is 236 g/mol. The topological polar surface area (TPSA) is 15.6 Å². The van der Waals surface area contributed by atoms with Crippen molar-refractivity contribution in [3.63, 3.8) is 0 Å². The molecule has 0 N–H and O–H groups in total. The summed E-state index contributed by atoms with van der Waals surface area (Å²) in [6, 6.07) is 20.2. The van der Waals surface area contributed by atoms with Crippen LogP contribution in [0.2, 0.25) is 0 Å². The van der Waals surface area contributed by atoms with E-state index in [9.17, 15) is 0 Å². The lowest BCUT2D eigenvalue weighted by molar-refractivity contribution is 1.03. The third-order valence-electron chi connectivity index (χ3n) is 2.54. The minimum atomic E-state index is 1.07. The number of rotatable bonds is 4. The number of hydrazone groups is 1. The number of benzene rings is 2. The maximum Gasteiger partial charge on any atom is 0.0590 e. The van der Waals surface area contributed by atoms with Crippen LogP contribution in [-0.2, 0) is 0 Å². The zero-order valence-electron chi connectivity index (χ0n) is 10.4. The minimum absolute atomic E-state index is 1.07. The highest BCUT2D eigenvalue weighted by Crippen LogP contribution is 2.10. The Morgan fingerprint density at radius 3 is 2.17 bits per heavy atom. The van der Waals surface area contributed by atoms with Crippen LogP contribution in [0, 0.1) is 0 Å². The van der Waals surface area contributed by atoms with Gasteiger partial charge in [0.1, 0.15) is 0 Å². The van der Waals surface area contributed by atoms with Crippen LogP contribution in [0.15, 0.2) is 71.8 Å². The van der Waals surface area contributed by atoms with Gasteiger partial charge in [-0.3, -0.25) is 5.01 Å². The zero-order chi connectivity index (χ0) is 12.6. The first-order valence-corrected chi connectivity index (χ1v) is 5.91. The molecule has 0 amide bonds. The predicted octanol–water partition coefficient (Wildman–Crippen LogP) is 3.82. The second kappa shape index (κ2) is 6.40. The molecular weight excluding hydrogens is 220 g/mol. The van der Waals surface area contributed by atoms with Gasteiger partial charge in [-0.25, -0.2) is 0 Å². The van der Waals surface area contributed by atoms with Crippen molar-refractivity contribution in [2.24, 2.45) is 5.10 Å². The van der Waals surface area contributed by atoms with E-state index in [1.54, 1.807) is 6.21 Å². The summed E-state index contributed by atoms with van der Waals surface area (Å²) in [5.74, 6) is 0. The molecule has 0 saturated heterocycles. The third-order valence-corrected chi connectivity index (χ3v) is 2.54. The molecule has 0 fully saturated rings. The summed E-state index contributed by atoms with van der Waals surface area (Å²) in [5.41, 5.74) is 2.24. The lowest BCUT2D eigenvalue weighted by atomic mass is 10.2. The standard InChI is InChI=1S/C16H16N2/c1-18(16-12-6-3-7-13-16)17-14-8-11-15-9-4-2-5-10-15/h2-14H,1H3/b11-8+,17-14-. The molecule has 0 aliphatic heterocycles. The number of hydrogen-bond donors (Lipinski definition) is 0. The fourth-order valence-electron chi connectivity index (χ4n) is 1.57. The van der Waals surface area contributed by atoms with Gasteiger partial charge in [-0.05, 0) is 23.8 Å². The highest BCUT2D eigenvalue weighted by Gasteiger charge is 1.93. The first kappa shape index (κ1) is 12.1. The fourth-order valence-corrected chi connectivity index (χ4v) is 1.57. The summed E-state index contributed by atoms with van der Waals surface area (Å²) in [4.78, 5) is 0. The van der Waals surface area contributed by atoms with E-state index >= 15 is 0 Å². The molecule has 0 aromatic heterocycles. The molecule has 90 valence electrons. The molecule has 18 heavy (non-hydrogen) atoms. The van der Waals surface area contributed by atoms with Gasteiger partial charge in [0, 0.05) is 13.3 Å². The van der Waals surface area contributed by atoms with Crippen LogP contribution in [-0.4, -0.2) is 13.3 Å². The Labute approximate surface area is 108 Å². The Kier molecular flexibility index (Phi) is 4.31. The van der Waals surface area contributed by atoms with Crippen molar-refractivity contribution in [1.29, 1.82) is 0 Å². The Bertz CT molecular complexity index is 515. The summed E-state index contributed by atoms with van der Waals surface area (Å²) < 4.78 is 0. The molecule has 0 bridgehead atoms. The van der Waals surface area contributed by atoms with E-state index in [4.69, 9.17) is 0 Å². The van der Waals surface area contributed by atoms with Crippen molar-refractivity contribution in [2.45, 2.75) is 0 Å². The summed E-state index contributed by atoms with van der Waals surface area (Å²) in [7, 11) is 1.93. The molecule has 0 atom stereocenters. The highest BCUT2D eigenvalue weighted by atomic mass is 15.4. The first-order valence-electron chi connectivity index (χ1n) is 5.91. The van der Waals surface area contributed by atoms with Gasteiger partial charge in [-0.1, -0.05) is 54.6 Å². The van der Waals surface area contributed by atoms with Crippen molar-refractivity contribution in [3.05, 3.63) is 72.3 Å². The first-order chi connectivity index (χ1) is 8.86. The van der Waals surface area contributed by atoms with Gasteiger partial charge in [-0.15, -0.1) is 0 Å². The van der Waals surface area contributed by atoms with Crippen molar-refractivity contribution in [3.8, 4) is 0 Å². The second-order valence-corrected chi connectivity index (χ2v) is 3.89. The van der Waals surface area contributed by atoms with Gasteiger partial charge in [0.25, 0.3) is 0 Å². The van der Waals surface area contributed by atoms with E-state index in [1.807, 2.05) is 72.7 Å². The number of anilines is 1. The summed E-state index contributed by atoms with van der Waals surface area (Å²) in [6.07, 6.45) is 5.76. The SMILES string of the molecule is CN(/N=C\C=C\c1ccccc1)c1ccccc1. The Morgan fingerprint density at radius 1 is 0.889 bits per heavy atom. The van der Waals surface area contributed by atoms with Crippen molar-refractivity contribution < 1.29 is 0 Å². The Balaban J connectivity index is 1.94. The molecule has 2 nitrogen and oxygen atoms in total. The van der Waals surface area contributed by atoms with E-state index in [0.29, 0.717) is 0 Å². The van der Waals surface area contributed by atoms with Crippen molar-refractivity contribution in [1.82, 2.24) is 0 Å². The smallest absolute Gasteiger partial charge is 0.0590 e.